The number of allylic oxidation sites excluding steroid dienone is 1. The highest BCUT2D eigenvalue weighted by atomic mass is 19.1. The maximum absolute atomic E-state index is 13.4. The number of nitrogens with zero attached hydrogens (tertiary/aromatic N) is 2. The van der Waals surface area contributed by atoms with Gasteiger partial charge in [-0.25, -0.2) is 9.37 Å². The van der Waals surface area contributed by atoms with Gasteiger partial charge >= 0.3 is 0 Å². The first-order valence-corrected chi connectivity index (χ1v) is 8.11. The molecule has 5 nitrogen and oxygen atoms in total. The zero-order valence-electron chi connectivity index (χ0n) is 13.9. The van der Waals surface area contributed by atoms with Crippen molar-refractivity contribution in [3.8, 4) is 17.4 Å². The molecule has 0 aliphatic rings. The zero-order valence-corrected chi connectivity index (χ0v) is 13.9. The molecular formula is C21H12FN3O2. The topological polar surface area (TPSA) is 82.7 Å². The van der Waals surface area contributed by atoms with E-state index in [1.165, 1.54) is 18.2 Å². The number of rotatable bonds is 3. The lowest BCUT2D eigenvalue weighted by Crippen LogP contribution is -2.11. The number of para-hydroxylation sites is 1. The van der Waals surface area contributed by atoms with Crippen LogP contribution in [0.4, 0.5) is 4.39 Å². The molecular weight excluding hydrogens is 345 g/mol. The Morgan fingerprint density at radius 3 is 2.81 bits per heavy atom. The number of nitriles is 1. The van der Waals surface area contributed by atoms with Crippen molar-refractivity contribution in [1.29, 1.82) is 5.26 Å². The minimum Gasteiger partial charge on any atom is -0.457 e. The van der Waals surface area contributed by atoms with Crippen LogP contribution in [0.3, 0.4) is 0 Å². The van der Waals surface area contributed by atoms with Crippen LogP contribution in [0.2, 0.25) is 0 Å². The predicted octanol–water partition coefficient (Wildman–Crippen LogP) is 4.39. The summed E-state index contributed by atoms with van der Waals surface area (Å²) in [6.45, 7) is 0. The van der Waals surface area contributed by atoms with Gasteiger partial charge in [0, 0.05) is 11.6 Å². The molecule has 0 amide bonds. The normalized spacial score (nSPS) is 11.5. The predicted molar refractivity (Wildman–Crippen MR) is 99.9 cm³/mol. The van der Waals surface area contributed by atoms with Crippen molar-refractivity contribution < 1.29 is 8.81 Å². The Hall–Kier alpha value is -3.98. The van der Waals surface area contributed by atoms with E-state index in [4.69, 9.17) is 4.42 Å². The molecule has 1 N–H and O–H groups in total. The molecule has 0 saturated heterocycles. The van der Waals surface area contributed by atoms with Crippen molar-refractivity contribution in [2.45, 2.75) is 0 Å². The van der Waals surface area contributed by atoms with Crippen LogP contribution in [0.1, 0.15) is 11.6 Å². The Morgan fingerprint density at radius 2 is 2.00 bits per heavy atom. The summed E-state index contributed by atoms with van der Waals surface area (Å²) in [5.74, 6) is 0.654. The summed E-state index contributed by atoms with van der Waals surface area (Å²) in [4.78, 5) is 19.2. The minimum absolute atomic E-state index is 0.151. The maximum atomic E-state index is 13.4. The van der Waals surface area contributed by atoms with Crippen LogP contribution in [-0.4, -0.2) is 9.97 Å². The van der Waals surface area contributed by atoms with Gasteiger partial charge in [0.1, 0.15) is 23.4 Å². The van der Waals surface area contributed by atoms with Gasteiger partial charge < -0.3 is 9.40 Å². The first-order chi connectivity index (χ1) is 13.1. The van der Waals surface area contributed by atoms with E-state index in [-0.39, 0.29) is 22.8 Å². The largest absolute Gasteiger partial charge is 0.457 e. The standard InChI is InChI=1S/C21H12FN3O2/c22-15-5-3-4-13(10-15)19-9-8-16(27-19)11-14(12-23)20-24-18-7-2-1-6-17(18)21(26)25-20/h1-11H,(H,24,25,26)/b14-11+. The van der Waals surface area contributed by atoms with E-state index >= 15 is 0 Å². The van der Waals surface area contributed by atoms with Crippen molar-refractivity contribution in [1.82, 2.24) is 9.97 Å². The number of hydrogen-bond acceptors (Lipinski definition) is 4. The van der Waals surface area contributed by atoms with Crippen LogP contribution < -0.4 is 5.56 Å². The summed E-state index contributed by atoms with van der Waals surface area (Å²) in [5.41, 5.74) is 0.914. The van der Waals surface area contributed by atoms with Crippen LogP contribution >= 0.6 is 0 Å². The summed E-state index contributed by atoms with van der Waals surface area (Å²) in [6.07, 6.45) is 1.48. The van der Waals surface area contributed by atoms with Gasteiger partial charge in [0.25, 0.3) is 5.56 Å². The molecule has 0 radical (unpaired) electrons. The van der Waals surface area contributed by atoms with Gasteiger partial charge in [0.05, 0.1) is 16.5 Å². The fourth-order valence-corrected chi connectivity index (χ4v) is 2.74. The van der Waals surface area contributed by atoms with Gasteiger partial charge in [-0.2, -0.15) is 5.26 Å². The Kier molecular flexibility index (Phi) is 4.11. The molecule has 0 aliphatic carbocycles. The number of aromatic nitrogens is 2. The first-order valence-electron chi connectivity index (χ1n) is 8.11. The van der Waals surface area contributed by atoms with E-state index in [1.54, 1.807) is 48.5 Å². The summed E-state index contributed by atoms with van der Waals surface area (Å²) in [7, 11) is 0. The van der Waals surface area contributed by atoms with Crippen LogP contribution in [0.5, 0.6) is 0 Å². The third-order valence-electron chi connectivity index (χ3n) is 4.01. The van der Waals surface area contributed by atoms with E-state index in [1.807, 2.05) is 6.07 Å². The summed E-state index contributed by atoms with van der Waals surface area (Å²) >= 11 is 0. The molecule has 2 heterocycles. The Labute approximate surface area is 153 Å². The molecule has 27 heavy (non-hydrogen) atoms. The average molecular weight is 357 g/mol. The lowest BCUT2D eigenvalue weighted by Gasteiger charge is -2.01. The van der Waals surface area contributed by atoms with E-state index in [0.717, 1.165) is 0 Å². The van der Waals surface area contributed by atoms with Crippen molar-refractivity contribution in [3.63, 3.8) is 0 Å². The van der Waals surface area contributed by atoms with E-state index < -0.39 is 0 Å². The quantitative estimate of drug-likeness (QED) is 0.551. The molecule has 0 bridgehead atoms. The number of aromatic amines is 1. The van der Waals surface area contributed by atoms with Gasteiger partial charge in [-0.15, -0.1) is 0 Å². The second kappa shape index (κ2) is 6.73. The van der Waals surface area contributed by atoms with Crippen molar-refractivity contribution >= 4 is 22.6 Å². The smallest absolute Gasteiger partial charge is 0.259 e. The number of fused-ring (bicyclic) bond motifs is 1. The van der Waals surface area contributed by atoms with Crippen molar-refractivity contribution in [2.75, 3.05) is 0 Å². The summed E-state index contributed by atoms with van der Waals surface area (Å²) < 4.78 is 19.1. The second-order valence-corrected chi connectivity index (χ2v) is 5.81. The highest BCUT2D eigenvalue weighted by Crippen LogP contribution is 2.25. The number of halogens is 1. The maximum Gasteiger partial charge on any atom is 0.259 e. The third-order valence-corrected chi connectivity index (χ3v) is 4.01. The highest BCUT2D eigenvalue weighted by molar-refractivity contribution is 5.88. The fourth-order valence-electron chi connectivity index (χ4n) is 2.74. The molecule has 0 saturated carbocycles. The van der Waals surface area contributed by atoms with Gasteiger partial charge in [0.2, 0.25) is 0 Å². The van der Waals surface area contributed by atoms with Crippen molar-refractivity contribution in [3.05, 3.63) is 88.4 Å². The van der Waals surface area contributed by atoms with Gasteiger partial charge in [-0.05, 0) is 36.4 Å². The lowest BCUT2D eigenvalue weighted by atomic mass is 10.2. The van der Waals surface area contributed by atoms with Gasteiger partial charge in [-0.1, -0.05) is 24.3 Å². The molecule has 0 spiro atoms. The summed E-state index contributed by atoms with van der Waals surface area (Å²) in [5, 5.41) is 9.94. The van der Waals surface area contributed by atoms with Crippen LogP contribution in [0, 0.1) is 17.1 Å². The second-order valence-electron chi connectivity index (χ2n) is 5.81. The fraction of sp³-hybridized carbons (Fsp3) is 0. The minimum atomic E-state index is -0.364. The molecule has 0 atom stereocenters. The number of benzene rings is 2. The lowest BCUT2D eigenvalue weighted by molar-refractivity contribution is 0.570. The molecule has 130 valence electrons. The zero-order chi connectivity index (χ0) is 18.8. The van der Waals surface area contributed by atoms with Gasteiger partial charge in [-0.3, -0.25) is 4.79 Å². The molecule has 4 aromatic rings. The van der Waals surface area contributed by atoms with Crippen LogP contribution in [0.15, 0.2) is 69.9 Å². The number of nitrogens with one attached hydrogen (secondary N) is 1. The monoisotopic (exact) mass is 357 g/mol. The first kappa shape index (κ1) is 16.5. The van der Waals surface area contributed by atoms with Crippen LogP contribution in [0.25, 0.3) is 33.9 Å². The van der Waals surface area contributed by atoms with Gasteiger partial charge in [0.15, 0.2) is 5.82 Å². The Balaban J connectivity index is 1.75. The average Bonchev–Trinajstić information content (AvgIpc) is 3.15. The SMILES string of the molecule is N#C/C(=C\c1ccc(-c2cccc(F)c2)o1)c1nc2ccccc2c(=O)[nH]1. The Bertz CT molecular complexity index is 1280. The number of hydrogen-bond donors (Lipinski definition) is 1. The van der Waals surface area contributed by atoms with E-state index in [2.05, 4.69) is 9.97 Å². The molecule has 2 aromatic carbocycles. The highest BCUT2D eigenvalue weighted by Gasteiger charge is 2.10. The molecule has 4 rings (SSSR count). The molecule has 2 aromatic heterocycles. The van der Waals surface area contributed by atoms with Crippen molar-refractivity contribution in [2.24, 2.45) is 0 Å². The molecule has 0 unspecified atom stereocenters. The number of H-pyrrole nitrogens is 1. The summed E-state index contributed by atoms with van der Waals surface area (Å²) in [6, 6.07) is 18.3. The molecule has 0 aliphatic heterocycles. The number of furan rings is 1. The molecule has 6 heteroatoms. The third kappa shape index (κ3) is 3.26. The van der Waals surface area contributed by atoms with E-state index in [9.17, 15) is 14.4 Å². The molecule has 0 fully saturated rings. The Morgan fingerprint density at radius 1 is 1.15 bits per heavy atom. The van der Waals surface area contributed by atoms with E-state index in [0.29, 0.717) is 28.0 Å². The van der Waals surface area contributed by atoms with Crippen LogP contribution in [-0.2, 0) is 0 Å².